The van der Waals surface area contributed by atoms with Crippen LogP contribution in [0.1, 0.15) is 5.56 Å². The highest BCUT2D eigenvalue weighted by molar-refractivity contribution is 9.10. The van der Waals surface area contributed by atoms with Crippen molar-refractivity contribution in [3.05, 3.63) is 34.3 Å². The van der Waals surface area contributed by atoms with E-state index in [9.17, 15) is 0 Å². The average molecular weight is 293 g/mol. The van der Waals surface area contributed by atoms with Crippen LogP contribution in [0.4, 0.5) is 0 Å². The van der Waals surface area contributed by atoms with Crippen LogP contribution in [0.5, 0.6) is 0 Å². The molecule has 0 unspecified atom stereocenters. The van der Waals surface area contributed by atoms with Crippen LogP contribution in [0.3, 0.4) is 0 Å². The van der Waals surface area contributed by atoms with Crippen molar-refractivity contribution in [2.24, 2.45) is 0 Å². The van der Waals surface area contributed by atoms with Gasteiger partial charge in [-0.05, 0) is 17.7 Å². The number of nitrogens with one attached hydrogen (secondary N) is 1. The van der Waals surface area contributed by atoms with Gasteiger partial charge in [-0.1, -0.05) is 39.9 Å². The van der Waals surface area contributed by atoms with E-state index in [0.29, 0.717) is 0 Å². The molecule has 1 aliphatic rings. The Bertz CT molecular complexity index is 396. The molecular weight excluding hydrogens is 276 g/mol. The molecule has 90 valence electrons. The highest BCUT2D eigenvalue weighted by Crippen LogP contribution is 2.10. The Morgan fingerprint density at radius 3 is 2.53 bits per heavy atom. The lowest BCUT2D eigenvalue weighted by Gasteiger charge is -2.24. The zero-order chi connectivity index (χ0) is 11.9. The van der Waals surface area contributed by atoms with E-state index in [0.717, 1.165) is 43.6 Å². The van der Waals surface area contributed by atoms with Gasteiger partial charge < -0.3 is 5.32 Å². The van der Waals surface area contributed by atoms with Crippen molar-refractivity contribution in [2.45, 2.75) is 6.42 Å². The molecular formula is C14H17BrN2. The maximum absolute atomic E-state index is 3.43. The van der Waals surface area contributed by atoms with Crippen LogP contribution in [0.15, 0.2) is 28.7 Å². The number of benzene rings is 1. The third kappa shape index (κ3) is 4.51. The Hall–Kier alpha value is -0.820. The highest BCUT2D eigenvalue weighted by Gasteiger charge is 2.06. The molecule has 1 heterocycles. The van der Waals surface area contributed by atoms with Gasteiger partial charge in [-0.15, -0.1) is 0 Å². The van der Waals surface area contributed by atoms with Crippen LogP contribution in [0.25, 0.3) is 0 Å². The van der Waals surface area contributed by atoms with Crippen molar-refractivity contribution in [1.29, 1.82) is 0 Å². The minimum atomic E-state index is 0.847. The molecule has 0 bridgehead atoms. The summed E-state index contributed by atoms with van der Waals surface area (Å²) in [6.45, 7) is 5.32. The fourth-order valence-electron chi connectivity index (χ4n) is 1.80. The van der Waals surface area contributed by atoms with Gasteiger partial charge in [0.15, 0.2) is 0 Å². The Balaban J connectivity index is 1.76. The second-order valence-electron chi connectivity index (χ2n) is 4.18. The van der Waals surface area contributed by atoms with Gasteiger partial charge >= 0.3 is 0 Å². The Labute approximate surface area is 112 Å². The monoisotopic (exact) mass is 292 g/mol. The Morgan fingerprint density at radius 2 is 1.82 bits per heavy atom. The molecule has 17 heavy (non-hydrogen) atoms. The van der Waals surface area contributed by atoms with Crippen molar-refractivity contribution in [2.75, 3.05) is 32.7 Å². The molecule has 2 nitrogen and oxygen atoms in total. The first-order valence-electron chi connectivity index (χ1n) is 5.98. The summed E-state index contributed by atoms with van der Waals surface area (Å²) in [6.07, 6.45) is 0.847. The maximum atomic E-state index is 3.43. The number of halogens is 1. The van der Waals surface area contributed by atoms with Gasteiger partial charge in [-0.25, -0.2) is 0 Å². The number of hydrogen-bond acceptors (Lipinski definition) is 2. The zero-order valence-electron chi connectivity index (χ0n) is 9.88. The molecule has 0 atom stereocenters. The van der Waals surface area contributed by atoms with E-state index >= 15 is 0 Å². The lowest BCUT2D eigenvalue weighted by Crippen LogP contribution is -2.43. The zero-order valence-corrected chi connectivity index (χ0v) is 11.5. The summed E-state index contributed by atoms with van der Waals surface area (Å²) in [6, 6.07) is 8.35. The molecule has 0 spiro atoms. The second-order valence-corrected chi connectivity index (χ2v) is 5.10. The summed E-state index contributed by atoms with van der Waals surface area (Å²) < 4.78 is 1.12. The van der Waals surface area contributed by atoms with Gasteiger partial charge in [0.05, 0.1) is 6.54 Å². The summed E-state index contributed by atoms with van der Waals surface area (Å²) in [5, 5.41) is 3.34. The molecule has 1 aromatic carbocycles. The highest BCUT2D eigenvalue weighted by atomic mass is 79.9. The minimum absolute atomic E-state index is 0.847. The van der Waals surface area contributed by atoms with Gasteiger partial charge in [0.1, 0.15) is 0 Å². The predicted molar refractivity (Wildman–Crippen MR) is 74.9 cm³/mol. The van der Waals surface area contributed by atoms with E-state index in [4.69, 9.17) is 0 Å². The quantitative estimate of drug-likeness (QED) is 0.838. The van der Waals surface area contributed by atoms with Gasteiger partial charge in [0, 0.05) is 37.1 Å². The summed E-state index contributed by atoms with van der Waals surface area (Å²) in [5.74, 6) is 6.50. The smallest absolute Gasteiger partial charge is 0.0602 e. The first-order valence-corrected chi connectivity index (χ1v) is 6.77. The van der Waals surface area contributed by atoms with Crippen LogP contribution >= 0.6 is 15.9 Å². The van der Waals surface area contributed by atoms with Gasteiger partial charge in [-0.3, -0.25) is 4.90 Å². The topological polar surface area (TPSA) is 15.3 Å². The molecule has 3 heteroatoms. The summed E-state index contributed by atoms with van der Waals surface area (Å²) >= 11 is 3.43. The summed E-state index contributed by atoms with van der Waals surface area (Å²) in [4.78, 5) is 2.39. The molecule has 1 aromatic rings. The SMILES string of the molecule is Brc1ccc(CC#CCN2CCNCC2)cc1. The number of rotatable bonds is 2. The molecule has 1 N–H and O–H groups in total. The largest absolute Gasteiger partial charge is 0.314 e. The fourth-order valence-corrected chi connectivity index (χ4v) is 2.07. The molecule has 0 radical (unpaired) electrons. The predicted octanol–water partition coefficient (Wildman–Crippen LogP) is 1.90. The van der Waals surface area contributed by atoms with E-state index in [2.05, 4.69) is 62.3 Å². The summed E-state index contributed by atoms with van der Waals surface area (Å²) in [7, 11) is 0. The third-order valence-electron chi connectivity index (χ3n) is 2.84. The minimum Gasteiger partial charge on any atom is -0.314 e. The van der Waals surface area contributed by atoms with Gasteiger partial charge in [0.25, 0.3) is 0 Å². The van der Waals surface area contributed by atoms with Crippen molar-refractivity contribution in [3.8, 4) is 11.8 Å². The molecule has 0 aliphatic carbocycles. The lowest BCUT2D eigenvalue weighted by molar-refractivity contribution is 0.268. The Morgan fingerprint density at radius 1 is 1.12 bits per heavy atom. The van der Waals surface area contributed by atoms with Crippen LogP contribution in [-0.2, 0) is 6.42 Å². The maximum Gasteiger partial charge on any atom is 0.0602 e. The average Bonchev–Trinajstić information content (AvgIpc) is 2.38. The van der Waals surface area contributed by atoms with Crippen LogP contribution < -0.4 is 5.32 Å². The molecule has 1 aliphatic heterocycles. The van der Waals surface area contributed by atoms with Crippen LogP contribution in [0, 0.1) is 11.8 Å². The summed E-state index contributed by atoms with van der Waals surface area (Å²) in [5.41, 5.74) is 1.28. The van der Waals surface area contributed by atoms with Gasteiger partial charge in [0.2, 0.25) is 0 Å². The second kappa shape index (κ2) is 6.80. The standard InChI is InChI=1S/C14H17BrN2/c15-14-6-4-13(5-7-14)3-1-2-10-17-11-8-16-9-12-17/h4-7,16H,3,8-12H2. The number of nitrogens with zero attached hydrogens (tertiary/aromatic N) is 1. The molecule has 0 amide bonds. The molecule has 1 fully saturated rings. The van der Waals surface area contributed by atoms with E-state index < -0.39 is 0 Å². The van der Waals surface area contributed by atoms with Crippen molar-refractivity contribution < 1.29 is 0 Å². The van der Waals surface area contributed by atoms with Crippen LogP contribution in [0.2, 0.25) is 0 Å². The van der Waals surface area contributed by atoms with E-state index in [1.54, 1.807) is 0 Å². The van der Waals surface area contributed by atoms with Crippen molar-refractivity contribution >= 4 is 15.9 Å². The van der Waals surface area contributed by atoms with E-state index in [-0.39, 0.29) is 0 Å². The van der Waals surface area contributed by atoms with Gasteiger partial charge in [-0.2, -0.15) is 0 Å². The number of hydrogen-bond donors (Lipinski definition) is 1. The molecule has 0 aromatic heterocycles. The fraction of sp³-hybridized carbons (Fsp3) is 0.429. The third-order valence-corrected chi connectivity index (χ3v) is 3.37. The first kappa shape index (κ1) is 12.6. The lowest BCUT2D eigenvalue weighted by atomic mass is 10.2. The number of piperazine rings is 1. The van der Waals surface area contributed by atoms with Crippen molar-refractivity contribution in [3.63, 3.8) is 0 Å². The first-order chi connectivity index (χ1) is 8.34. The van der Waals surface area contributed by atoms with Crippen molar-refractivity contribution in [1.82, 2.24) is 10.2 Å². The molecule has 0 saturated carbocycles. The normalized spacial score (nSPS) is 16.3. The van der Waals surface area contributed by atoms with Crippen LogP contribution in [-0.4, -0.2) is 37.6 Å². The van der Waals surface area contributed by atoms with E-state index in [1.165, 1.54) is 5.56 Å². The Kier molecular flexibility index (Phi) is 5.06. The van der Waals surface area contributed by atoms with E-state index in [1.807, 2.05) is 0 Å². The molecule has 2 rings (SSSR count). The molecule has 1 saturated heterocycles.